The van der Waals surface area contributed by atoms with E-state index in [1.54, 1.807) is 22.0 Å². The molecule has 7 heteroatoms. The first-order valence-electron chi connectivity index (χ1n) is 4.57. The fourth-order valence-electron chi connectivity index (χ4n) is 0.868. The Hall–Kier alpha value is -0.590. The topological polar surface area (TPSA) is 55.6 Å². The molecule has 0 bridgehead atoms. The van der Waals surface area contributed by atoms with Gasteiger partial charge in [-0.15, -0.1) is 5.10 Å². The molecular formula is C8H14ClN5S. The molecule has 0 aliphatic heterocycles. The van der Waals surface area contributed by atoms with E-state index in [9.17, 15) is 0 Å². The van der Waals surface area contributed by atoms with Crippen LogP contribution in [0.15, 0.2) is 16.3 Å². The molecule has 0 amide bonds. The maximum Gasteiger partial charge on any atom is 0.209 e. The summed E-state index contributed by atoms with van der Waals surface area (Å²) in [5.74, 6) is 0.809. The van der Waals surface area contributed by atoms with Gasteiger partial charge in [-0.2, -0.15) is 0 Å². The Morgan fingerprint density at radius 1 is 1.67 bits per heavy atom. The van der Waals surface area contributed by atoms with Crippen molar-refractivity contribution in [3.8, 4) is 0 Å². The van der Waals surface area contributed by atoms with Crippen LogP contribution in [0.25, 0.3) is 0 Å². The first-order chi connectivity index (χ1) is 7.27. The van der Waals surface area contributed by atoms with Crippen molar-refractivity contribution in [1.82, 2.24) is 25.5 Å². The number of hydrogen-bond donors (Lipinski definition) is 1. The lowest BCUT2D eigenvalue weighted by molar-refractivity contribution is 0.530. The molecule has 1 aromatic rings. The van der Waals surface area contributed by atoms with Crippen molar-refractivity contribution >= 4 is 23.4 Å². The lowest BCUT2D eigenvalue weighted by Crippen LogP contribution is -2.16. The standard InChI is InChI=1S/C8H14ClN5S/c1-7(5-9)6-15-8-11-12-13-14(8)4-3-10-2/h5,10H,3-4,6H2,1-2H3. The van der Waals surface area contributed by atoms with Crippen molar-refractivity contribution in [1.29, 1.82) is 0 Å². The maximum atomic E-state index is 5.57. The van der Waals surface area contributed by atoms with E-state index in [4.69, 9.17) is 11.6 Å². The van der Waals surface area contributed by atoms with Crippen LogP contribution in [0.2, 0.25) is 0 Å². The van der Waals surface area contributed by atoms with Gasteiger partial charge in [0.2, 0.25) is 5.16 Å². The number of nitrogens with one attached hydrogen (secondary N) is 1. The summed E-state index contributed by atoms with van der Waals surface area (Å²) in [4.78, 5) is 0. The van der Waals surface area contributed by atoms with Gasteiger partial charge in [0.25, 0.3) is 0 Å². The van der Waals surface area contributed by atoms with E-state index in [1.165, 1.54) is 0 Å². The Morgan fingerprint density at radius 2 is 2.47 bits per heavy atom. The summed E-state index contributed by atoms with van der Waals surface area (Å²) in [6, 6.07) is 0. The highest BCUT2D eigenvalue weighted by Crippen LogP contribution is 2.16. The number of rotatable bonds is 6. The average molecular weight is 248 g/mol. The lowest BCUT2D eigenvalue weighted by atomic mass is 10.4. The number of nitrogens with zero attached hydrogens (tertiary/aromatic N) is 4. The third-order valence-corrected chi connectivity index (χ3v) is 3.21. The van der Waals surface area contributed by atoms with Crippen LogP contribution >= 0.6 is 23.4 Å². The monoisotopic (exact) mass is 247 g/mol. The van der Waals surface area contributed by atoms with E-state index >= 15 is 0 Å². The predicted molar refractivity (Wildman–Crippen MR) is 62.1 cm³/mol. The second kappa shape index (κ2) is 6.81. The van der Waals surface area contributed by atoms with Gasteiger partial charge in [0.05, 0.1) is 6.54 Å². The van der Waals surface area contributed by atoms with Gasteiger partial charge in [0, 0.05) is 17.8 Å². The van der Waals surface area contributed by atoms with E-state index in [0.717, 1.165) is 29.6 Å². The molecule has 1 N–H and O–H groups in total. The number of tetrazole rings is 1. The van der Waals surface area contributed by atoms with Crippen molar-refractivity contribution in [3.63, 3.8) is 0 Å². The minimum atomic E-state index is 0.773. The summed E-state index contributed by atoms with van der Waals surface area (Å²) in [6.45, 7) is 3.60. The highest BCUT2D eigenvalue weighted by Gasteiger charge is 2.05. The molecule has 0 aliphatic carbocycles. The quantitative estimate of drug-likeness (QED) is 0.764. The zero-order valence-electron chi connectivity index (χ0n) is 8.77. The van der Waals surface area contributed by atoms with Gasteiger partial charge in [-0.05, 0) is 24.4 Å². The van der Waals surface area contributed by atoms with Crippen LogP contribution < -0.4 is 5.32 Å². The fraction of sp³-hybridized carbons (Fsp3) is 0.625. The van der Waals surface area contributed by atoms with E-state index in [-0.39, 0.29) is 0 Å². The molecular weight excluding hydrogens is 234 g/mol. The van der Waals surface area contributed by atoms with Crippen LogP contribution in [0.3, 0.4) is 0 Å². The lowest BCUT2D eigenvalue weighted by Gasteiger charge is -2.03. The summed E-state index contributed by atoms with van der Waals surface area (Å²) in [6.07, 6.45) is 0. The minimum Gasteiger partial charge on any atom is -0.318 e. The van der Waals surface area contributed by atoms with Crippen LogP contribution in [-0.4, -0.2) is 39.6 Å². The fourth-order valence-corrected chi connectivity index (χ4v) is 1.85. The molecule has 1 aromatic heterocycles. The number of halogens is 1. The van der Waals surface area contributed by atoms with E-state index in [2.05, 4.69) is 20.8 Å². The Bertz CT molecular complexity index is 325. The summed E-state index contributed by atoms with van der Waals surface area (Å²) in [5.41, 5.74) is 2.68. The molecule has 0 aromatic carbocycles. The molecule has 15 heavy (non-hydrogen) atoms. The van der Waals surface area contributed by atoms with Gasteiger partial charge >= 0.3 is 0 Å². The van der Waals surface area contributed by atoms with Gasteiger partial charge < -0.3 is 5.32 Å². The summed E-state index contributed by atoms with van der Waals surface area (Å²) in [7, 11) is 1.90. The van der Waals surface area contributed by atoms with Gasteiger partial charge in [-0.1, -0.05) is 28.9 Å². The largest absolute Gasteiger partial charge is 0.318 e. The summed E-state index contributed by atoms with van der Waals surface area (Å²) < 4.78 is 1.78. The molecule has 0 fully saturated rings. The normalized spacial score (nSPS) is 12.1. The summed E-state index contributed by atoms with van der Waals surface area (Å²) >= 11 is 7.15. The van der Waals surface area contributed by atoms with Crippen molar-refractivity contribution in [3.05, 3.63) is 11.1 Å². The van der Waals surface area contributed by atoms with Crippen molar-refractivity contribution in [2.45, 2.75) is 18.6 Å². The minimum absolute atomic E-state index is 0.773. The van der Waals surface area contributed by atoms with E-state index < -0.39 is 0 Å². The van der Waals surface area contributed by atoms with E-state index in [0.29, 0.717) is 0 Å². The molecule has 0 radical (unpaired) electrons. The van der Waals surface area contributed by atoms with Gasteiger partial charge in [0.15, 0.2) is 0 Å². The Labute approximate surface area is 98.3 Å². The molecule has 1 rings (SSSR count). The molecule has 0 saturated carbocycles. The van der Waals surface area contributed by atoms with Crippen molar-refractivity contribution in [2.24, 2.45) is 0 Å². The zero-order valence-corrected chi connectivity index (χ0v) is 10.3. The van der Waals surface area contributed by atoms with Gasteiger partial charge in [-0.25, -0.2) is 4.68 Å². The molecule has 0 atom stereocenters. The first-order valence-corrected chi connectivity index (χ1v) is 5.99. The van der Waals surface area contributed by atoms with Crippen molar-refractivity contribution in [2.75, 3.05) is 19.3 Å². The molecule has 1 heterocycles. The SMILES string of the molecule is CNCCn1nnnc1SCC(C)=CCl. The van der Waals surface area contributed by atoms with Gasteiger partial charge in [0.1, 0.15) is 0 Å². The molecule has 0 aliphatic rings. The van der Waals surface area contributed by atoms with E-state index in [1.807, 2.05) is 14.0 Å². The van der Waals surface area contributed by atoms with Crippen LogP contribution in [0, 0.1) is 0 Å². The molecule has 0 saturated heterocycles. The highest BCUT2D eigenvalue weighted by atomic mass is 35.5. The molecule has 0 spiro atoms. The van der Waals surface area contributed by atoms with Crippen LogP contribution in [-0.2, 0) is 6.54 Å². The van der Waals surface area contributed by atoms with Crippen molar-refractivity contribution < 1.29 is 0 Å². The number of likely N-dealkylation sites (N-methyl/N-ethyl adjacent to an activating group) is 1. The molecule has 5 nitrogen and oxygen atoms in total. The first kappa shape index (κ1) is 12.5. The molecule has 84 valence electrons. The Balaban J connectivity index is 2.49. The Kier molecular flexibility index (Phi) is 5.67. The Morgan fingerprint density at radius 3 is 3.13 bits per heavy atom. The second-order valence-corrected chi connectivity index (χ2v) is 4.19. The summed E-state index contributed by atoms with van der Waals surface area (Å²) in [5, 5.41) is 15.4. The maximum absolute atomic E-state index is 5.57. The molecule has 0 unspecified atom stereocenters. The average Bonchev–Trinajstić information content (AvgIpc) is 2.70. The third kappa shape index (κ3) is 4.19. The highest BCUT2D eigenvalue weighted by molar-refractivity contribution is 7.99. The third-order valence-electron chi connectivity index (χ3n) is 1.69. The van der Waals surface area contributed by atoms with Crippen LogP contribution in [0.4, 0.5) is 0 Å². The number of hydrogen-bond acceptors (Lipinski definition) is 5. The van der Waals surface area contributed by atoms with Crippen LogP contribution in [0.1, 0.15) is 6.92 Å². The smallest absolute Gasteiger partial charge is 0.209 e. The zero-order chi connectivity index (χ0) is 11.1. The van der Waals surface area contributed by atoms with Gasteiger partial charge in [-0.3, -0.25) is 0 Å². The number of aromatic nitrogens is 4. The predicted octanol–water partition coefficient (Wildman–Crippen LogP) is 1.13. The second-order valence-electron chi connectivity index (χ2n) is 3.03. The number of thioether (sulfide) groups is 1. The van der Waals surface area contributed by atoms with Crippen LogP contribution in [0.5, 0.6) is 0 Å².